The molecule has 2 atom stereocenters. The Kier molecular flexibility index (Phi) is 8.24. The molecule has 1 aromatic carbocycles. The summed E-state index contributed by atoms with van der Waals surface area (Å²) in [6.45, 7) is 3.25. The van der Waals surface area contributed by atoms with Crippen molar-refractivity contribution >= 4 is 18.3 Å². The fraction of sp³-hybridized carbons (Fsp3) is 0.667. The second kappa shape index (κ2) is 10.2. The lowest BCUT2D eigenvalue weighted by molar-refractivity contribution is -0.128. The highest BCUT2D eigenvalue weighted by atomic mass is 35.5. The van der Waals surface area contributed by atoms with Gasteiger partial charge in [0.05, 0.1) is 13.7 Å². The Morgan fingerprint density at radius 2 is 1.93 bits per heavy atom. The summed E-state index contributed by atoms with van der Waals surface area (Å²) in [6, 6.07) is 6.14. The summed E-state index contributed by atoms with van der Waals surface area (Å²) in [5.41, 5.74) is 7.36. The van der Waals surface area contributed by atoms with E-state index in [1.54, 1.807) is 7.11 Å². The van der Waals surface area contributed by atoms with Crippen molar-refractivity contribution in [2.45, 2.75) is 58.0 Å². The number of hydrogen-bond acceptors (Lipinski definition) is 4. The highest BCUT2D eigenvalue weighted by molar-refractivity contribution is 5.85. The van der Waals surface area contributed by atoms with Crippen molar-refractivity contribution in [3.8, 4) is 11.5 Å². The molecule has 0 aliphatic heterocycles. The largest absolute Gasteiger partial charge is 0.493 e. The minimum absolute atomic E-state index is 0. The number of methoxy groups -OCH3 is 1. The summed E-state index contributed by atoms with van der Waals surface area (Å²) in [5, 5.41) is 3.11. The Labute approximate surface area is 168 Å². The van der Waals surface area contributed by atoms with E-state index in [9.17, 15) is 4.79 Å². The Morgan fingerprint density at radius 1 is 1.22 bits per heavy atom. The predicted molar refractivity (Wildman–Crippen MR) is 109 cm³/mol. The van der Waals surface area contributed by atoms with Gasteiger partial charge in [-0.15, -0.1) is 12.4 Å². The normalized spacial score (nSPS) is 26.6. The topological polar surface area (TPSA) is 73.6 Å². The van der Waals surface area contributed by atoms with Crippen molar-refractivity contribution in [2.75, 3.05) is 13.7 Å². The van der Waals surface area contributed by atoms with Gasteiger partial charge in [-0.2, -0.15) is 0 Å². The highest BCUT2D eigenvalue weighted by Gasteiger charge is 2.40. The first kappa shape index (κ1) is 21.8. The van der Waals surface area contributed by atoms with Crippen LogP contribution < -0.4 is 20.5 Å². The second-order valence-electron chi connectivity index (χ2n) is 7.75. The monoisotopic (exact) mass is 396 g/mol. The third-order valence-corrected chi connectivity index (χ3v) is 5.94. The standard InChI is InChI=1S/C21H32N2O3.ClH/c1-3-9-26-18-8-7-14(10-19(18)25-2)13-23-21(24)17-11-15-5-4-6-16(12-17)20(15)22;/h7-8,10,15-17,20H,3-6,9,11-13,22H2,1-2H3,(H,23,24);1H. The fourth-order valence-corrected chi connectivity index (χ4v) is 4.49. The number of carbonyl (C=O) groups excluding carboxylic acids is 1. The minimum Gasteiger partial charge on any atom is -0.493 e. The first-order valence-corrected chi connectivity index (χ1v) is 9.95. The van der Waals surface area contributed by atoms with Crippen molar-refractivity contribution in [1.29, 1.82) is 0 Å². The molecule has 152 valence electrons. The van der Waals surface area contributed by atoms with Gasteiger partial charge in [-0.05, 0) is 61.6 Å². The molecule has 1 aromatic rings. The number of hydrogen-bond donors (Lipinski definition) is 2. The molecule has 3 rings (SSSR count). The average molecular weight is 397 g/mol. The van der Waals surface area contributed by atoms with Crippen molar-refractivity contribution in [3.63, 3.8) is 0 Å². The molecule has 5 nitrogen and oxygen atoms in total. The Balaban J connectivity index is 0.00000261. The predicted octanol–water partition coefficient (Wildman–Crippen LogP) is 3.68. The molecule has 0 spiro atoms. The van der Waals surface area contributed by atoms with Gasteiger partial charge in [-0.25, -0.2) is 0 Å². The third-order valence-electron chi connectivity index (χ3n) is 5.94. The Hall–Kier alpha value is -1.46. The minimum atomic E-state index is 0. The quantitative estimate of drug-likeness (QED) is 0.737. The number of benzene rings is 1. The zero-order chi connectivity index (χ0) is 18.5. The molecule has 1 amide bonds. The number of fused-ring (bicyclic) bond motifs is 2. The van der Waals surface area contributed by atoms with Gasteiger partial charge in [-0.3, -0.25) is 4.79 Å². The van der Waals surface area contributed by atoms with E-state index in [1.165, 1.54) is 19.3 Å². The summed E-state index contributed by atoms with van der Waals surface area (Å²) in [7, 11) is 1.64. The molecular formula is C21H33ClN2O3. The van der Waals surface area contributed by atoms with E-state index in [0.29, 0.717) is 36.8 Å². The van der Waals surface area contributed by atoms with Crippen molar-refractivity contribution in [2.24, 2.45) is 23.5 Å². The lowest BCUT2D eigenvalue weighted by Crippen LogP contribution is -2.49. The number of amides is 1. The fourth-order valence-electron chi connectivity index (χ4n) is 4.49. The molecule has 2 saturated carbocycles. The smallest absolute Gasteiger partial charge is 0.223 e. The summed E-state index contributed by atoms with van der Waals surface area (Å²) >= 11 is 0. The molecule has 0 radical (unpaired) electrons. The number of halogens is 1. The van der Waals surface area contributed by atoms with Gasteiger partial charge in [0.15, 0.2) is 11.5 Å². The van der Waals surface area contributed by atoms with Crippen molar-refractivity contribution in [3.05, 3.63) is 23.8 Å². The Morgan fingerprint density at radius 3 is 2.56 bits per heavy atom. The van der Waals surface area contributed by atoms with Crippen LogP contribution in [0.3, 0.4) is 0 Å². The Bertz CT molecular complexity index is 611. The average Bonchev–Trinajstić information content (AvgIpc) is 2.64. The molecular weight excluding hydrogens is 364 g/mol. The molecule has 2 unspecified atom stereocenters. The van der Waals surface area contributed by atoms with E-state index in [2.05, 4.69) is 12.2 Å². The molecule has 2 bridgehead atoms. The van der Waals surface area contributed by atoms with E-state index < -0.39 is 0 Å². The number of nitrogens with one attached hydrogen (secondary N) is 1. The highest BCUT2D eigenvalue weighted by Crippen LogP contribution is 2.41. The zero-order valence-corrected chi connectivity index (χ0v) is 17.2. The lowest BCUT2D eigenvalue weighted by atomic mass is 9.65. The van der Waals surface area contributed by atoms with Crippen LogP contribution in [0.4, 0.5) is 0 Å². The van der Waals surface area contributed by atoms with Crippen LogP contribution in [0.1, 0.15) is 51.0 Å². The van der Waals surface area contributed by atoms with Crippen LogP contribution in [0.2, 0.25) is 0 Å². The molecule has 3 N–H and O–H groups in total. The molecule has 6 heteroatoms. The van der Waals surface area contributed by atoms with Crippen LogP contribution in [0.15, 0.2) is 18.2 Å². The molecule has 2 aliphatic carbocycles. The number of rotatable bonds is 7. The van der Waals surface area contributed by atoms with Crippen molar-refractivity contribution in [1.82, 2.24) is 5.32 Å². The van der Waals surface area contributed by atoms with E-state index in [4.69, 9.17) is 15.2 Å². The van der Waals surface area contributed by atoms with Gasteiger partial charge in [-0.1, -0.05) is 19.4 Å². The third kappa shape index (κ3) is 5.29. The van der Waals surface area contributed by atoms with Gasteiger partial charge < -0.3 is 20.5 Å². The zero-order valence-electron chi connectivity index (χ0n) is 16.4. The molecule has 0 heterocycles. The van der Waals surface area contributed by atoms with Crippen LogP contribution in [-0.2, 0) is 11.3 Å². The van der Waals surface area contributed by atoms with Gasteiger partial charge in [0, 0.05) is 18.5 Å². The first-order chi connectivity index (χ1) is 12.6. The maximum Gasteiger partial charge on any atom is 0.223 e. The summed E-state index contributed by atoms with van der Waals surface area (Å²) in [4.78, 5) is 12.7. The molecule has 27 heavy (non-hydrogen) atoms. The van der Waals surface area contributed by atoms with E-state index in [1.807, 2.05) is 18.2 Å². The van der Waals surface area contributed by atoms with E-state index in [0.717, 1.165) is 30.6 Å². The van der Waals surface area contributed by atoms with Crippen LogP contribution in [0.5, 0.6) is 11.5 Å². The number of ether oxygens (including phenoxy) is 2. The van der Waals surface area contributed by atoms with Crippen LogP contribution in [0.25, 0.3) is 0 Å². The second-order valence-corrected chi connectivity index (χ2v) is 7.75. The number of nitrogens with two attached hydrogens (primary N) is 1. The first-order valence-electron chi connectivity index (χ1n) is 9.95. The van der Waals surface area contributed by atoms with Gasteiger partial charge >= 0.3 is 0 Å². The van der Waals surface area contributed by atoms with Crippen LogP contribution in [0, 0.1) is 17.8 Å². The maximum atomic E-state index is 12.7. The maximum absolute atomic E-state index is 12.7. The SMILES string of the molecule is CCCOc1ccc(CNC(=O)C2CC3CCCC(C2)C3N)cc1OC.Cl. The van der Waals surface area contributed by atoms with Crippen LogP contribution >= 0.6 is 12.4 Å². The van der Waals surface area contributed by atoms with E-state index >= 15 is 0 Å². The summed E-state index contributed by atoms with van der Waals surface area (Å²) in [6.07, 6.45) is 6.46. The molecule has 2 aliphatic rings. The summed E-state index contributed by atoms with van der Waals surface area (Å²) < 4.78 is 11.1. The van der Waals surface area contributed by atoms with Gasteiger partial charge in [0.1, 0.15) is 0 Å². The number of carbonyl (C=O) groups is 1. The molecule has 0 saturated heterocycles. The van der Waals surface area contributed by atoms with E-state index in [-0.39, 0.29) is 24.2 Å². The van der Waals surface area contributed by atoms with Gasteiger partial charge in [0.2, 0.25) is 5.91 Å². The van der Waals surface area contributed by atoms with Crippen molar-refractivity contribution < 1.29 is 14.3 Å². The summed E-state index contributed by atoms with van der Waals surface area (Å²) in [5.74, 6) is 2.78. The molecule has 0 aromatic heterocycles. The lowest BCUT2D eigenvalue weighted by Gasteiger charge is -2.43. The van der Waals surface area contributed by atoms with Gasteiger partial charge in [0.25, 0.3) is 0 Å². The molecule has 2 fully saturated rings. The van der Waals surface area contributed by atoms with Crippen LogP contribution in [-0.4, -0.2) is 25.7 Å².